The average Bonchev–Trinajstić information content (AvgIpc) is 2.41. The standard InChI is InChI=1S/C13H23N3O2/c1-4-7-14-12-11(5-2)13(16-10-15-12)18-9-8-17-6-3/h10H,4-9H2,1-3H3,(H,14,15,16). The molecule has 0 saturated heterocycles. The van der Waals surface area contributed by atoms with Crippen LogP contribution in [0.3, 0.4) is 0 Å². The van der Waals surface area contributed by atoms with Gasteiger partial charge in [0.25, 0.3) is 0 Å². The summed E-state index contributed by atoms with van der Waals surface area (Å²) >= 11 is 0. The van der Waals surface area contributed by atoms with Crippen LogP contribution in [0.4, 0.5) is 5.82 Å². The van der Waals surface area contributed by atoms with Crippen LogP contribution in [-0.4, -0.2) is 36.3 Å². The second kappa shape index (κ2) is 8.69. The maximum atomic E-state index is 5.63. The molecule has 1 aromatic rings. The summed E-state index contributed by atoms with van der Waals surface area (Å²) in [6.45, 7) is 8.88. The second-order valence-corrected chi connectivity index (χ2v) is 3.83. The molecule has 0 amide bonds. The van der Waals surface area contributed by atoms with Crippen molar-refractivity contribution in [3.8, 4) is 5.88 Å². The van der Waals surface area contributed by atoms with Crippen molar-refractivity contribution >= 4 is 5.82 Å². The van der Waals surface area contributed by atoms with Crippen LogP contribution in [0.2, 0.25) is 0 Å². The third-order valence-corrected chi connectivity index (χ3v) is 2.47. The molecule has 0 saturated carbocycles. The molecule has 0 aliphatic rings. The van der Waals surface area contributed by atoms with Gasteiger partial charge in [0.2, 0.25) is 5.88 Å². The van der Waals surface area contributed by atoms with Crippen molar-refractivity contribution in [2.75, 3.05) is 31.7 Å². The molecule has 5 nitrogen and oxygen atoms in total. The first-order chi connectivity index (χ1) is 8.83. The molecule has 1 N–H and O–H groups in total. The Hall–Kier alpha value is -1.36. The molecule has 0 fully saturated rings. The van der Waals surface area contributed by atoms with Crippen LogP contribution in [-0.2, 0) is 11.2 Å². The molecule has 0 aliphatic heterocycles. The maximum absolute atomic E-state index is 5.63. The largest absolute Gasteiger partial charge is 0.475 e. The van der Waals surface area contributed by atoms with Gasteiger partial charge in [-0.05, 0) is 19.8 Å². The minimum absolute atomic E-state index is 0.519. The Morgan fingerprint density at radius 1 is 1.17 bits per heavy atom. The van der Waals surface area contributed by atoms with Gasteiger partial charge in [-0.3, -0.25) is 0 Å². The summed E-state index contributed by atoms with van der Waals surface area (Å²) in [6, 6.07) is 0. The SMILES string of the molecule is CCCNc1ncnc(OCCOCC)c1CC. The Kier molecular flexibility index (Phi) is 7.10. The zero-order valence-electron chi connectivity index (χ0n) is 11.5. The van der Waals surface area contributed by atoms with Gasteiger partial charge in [0.05, 0.1) is 12.2 Å². The van der Waals surface area contributed by atoms with Crippen LogP contribution in [0, 0.1) is 0 Å². The minimum atomic E-state index is 0.519. The maximum Gasteiger partial charge on any atom is 0.221 e. The fourth-order valence-corrected chi connectivity index (χ4v) is 1.58. The van der Waals surface area contributed by atoms with Crippen LogP contribution in [0.5, 0.6) is 5.88 Å². The lowest BCUT2D eigenvalue weighted by atomic mass is 10.2. The van der Waals surface area contributed by atoms with Crippen molar-refractivity contribution in [3.63, 3.8) is 0 Å². The van der Waals surface area contributed by atoms with E-state index in [9.17, 15) is 0 Å². The lowest BCUT2D eigenvalue weighted by Crippen LogP contribution is -2.11. The van der Waals surface area contributed by atoms with Gasteiger partial charge in [-0.2, -0.15) is 0 Å². The van der Waals surface area contributed by atoms with Crippen molar-refractivity contribution in [3.05, 3.63) is 11.9 Å². The first-order valence-electron chi connectivity index (χ1n) is 6.61. The highest BCUT2D eigenvalue weighted by atomic mass is 16.5. The van der Waals surface area contributed by atoms with E-state index >= 15 is 0 Å². The molecule has 18 heavy (non-hydrogen) atoms. The van der Waals surface area contributed by atoms with Gasteiger partial charge in [-0.15, -0.1) is 0 Å². The van der Waals surface area contributed by atoms with Crippen molar-refractivity contribution < 1.29 is 9.47 Å². The summed E-state index contributed by atoms with van der Waals surface area (Å²) in [5.74, 6) is 1.53. The van der Waals surface area contributed by atoms with E-state index in [0.717, 1.165) is 30.8 Å². The van der Waals surface area contributed by atoms with Crippen LogP contribution in [0.15, 0.2) is 6.33 Å². The molecule has 0 unspecified atom stereocenters. The molecule has 102 valence electrons. The molecular formula is C13H23N3O2. The summed E-state index contributed by atoms with van der Waals surface area (Å²) in [7, 11) is 0. The van der Waals surface area contributed by atoms with Crippen LogP contribution in [0.25, 0.3) is 0 Å². The quantitative estimate of drug-likeness (QED) is 0.684. The number of rotatable bonds is 9. The van der Waals surface area contributed by atoms with E-state index in [1.807, 2.05) is 6.92 Å². The number of nitrogens with one attached hydrogen (secondary N) is 1. The molecular weight excluding hydrogens is 230 g/mol. The average molecular weight is 253 g/mol. The zero-order valence-corrected chi connectivity index (χ0v) is 11.5. The minimum Gasteiger partial charge on any atom is -0.475 e. The fraction of sp³-hybridized carbons (Fsp3) is 0.692. The predicted molar refractivity (Wildman–Crippen MR) is 72.2 cm³/mol. The smallest absolute Gasteiger partial charge is 0.221 e. The van der Waals surface area contributed by atoms with E-state index in [0.29, 0.717) is 25.7 Å². The van der Waals surface area contributed by atoms with Crippen LogP contribution >= 0.6 is 0 Å². The Morgan fingerprint density at radius 3 is 2.67 bits per heavy atom. The van der Waals surface area contributed by atoms with Gasteiger partial charge in [-0.1, -0.05) is 13.8 Å². The molecule has 0 spiro atoms. The summed E-state index contributed by atoms with van der Waals surface area (Å²) in [5, 5.41) is 3.29. The molecule has 5 heteroatoms. The van der Waals surface area contributed by atoms with Crippen molar-refractivity contribution in [1.82, 2.24) is 9.97 Å². The molecule has 0 atom stereocenters. The Bertz CT molecular complexity index is 345. The van der Waals surface area contributed by atoms with Crippen molar-refractivity contribution in [2.24, 2.45) is 0 Å². The number of aromatic nitrogens is 2. The molecule has 1 rings (SSSR count). The first kappa shape index (κ1) is 14.7. The highest BCUT2D eigenvalue weighted by Crippen LogP contribution is 2.22. The first-order valence-corrected chi connectivity index (χ1v) is 6.61. The second-order valence-electron chi connectivity index (χ2n) is 3.83. The third-order valence-electron chi connectivity index (χ3n) is 2.47. The molecule has 1 aromatic heterocycles. The topological polar surface area (TPSA) is 56.3 Å². The number of nitrogens with zero attached hydrogens (tertiary/aromatic N) is 2. The zero-order chi connectivity index (χ0) is 13.2. The number of hydrogen-bond donors (Lipinski definition) is 1. The number of hydrogen-bond acceptors (Lipinski definition) is 5. The van der Waals surface area contributed by atoms with E-state index in [-0.39, 0.29) is 0 Å². The molecule has 1 heterocycles. The molecule has 0 aliphatic carbocycles. The Labute approximate surface area is 109 Å². The van der Waals surface area contributed by atoms with Gasteiger partial charge >= 0.3 is 0 Å². The van der Waals surface area contributed by atoms with Crippen LogP contribution < -0.4 is 10.1 Å². The van der Waals surface area contributed by atoms with Crippen LogP contribution in [0.1, 0.15) is 32.8 Å². The van der Waals surface area contributed by atoms with E-state index < -0.39 is 0 Å². The number of ether oxygens (including phenoxy) is 2. The van der Waals surface area contributed by atoms with Gasteiger partial charge < -0.3 is 14.8 Å². The predicted octanol–water partition coefficient (Wildman–Crippen LogP) is 2.28. The van der Waals surface area contributed by atoms with E-state index in [1.54, 1.807) is 0 Å². The third kappa shape index (κ3) is 4.49. The molecule has 0 aromatic carbocycles. The highest BCUT2D eigenvalue weighted by molar-refractivity contribution is 5.48. The van der Waals surface area contributed by atoms with Gasteiger partial charge in [0.1, 0.15) is 18.8 Å². The van der Waals surface area contributed by atoms with Crippen molar-refractivity contribution in [2.45, 2.75) is 33.6 Å². The Morgan fingerprint density at radius 2 is 2.00 bits per heavy atom. The van der Waals surface area contributed by atoms with E-state index in [2.05, 4.69) is 29.1 Å². The van der Waals surface area contributed by atoms with Gasteiger partial charge in [0, 0.05) is 13.2 Å². The lowest BCUT2D eigenvalue weighted by molar-refractivity contribution is 0.108. The monoisotopic (exact) mass is 253 g/mol. The normalized spacial score (nSPS) is 10.4. The molecule has 0 radical (unpaired) electrons. The Balaban J connectivity index is 2.65. The van der Waals surface area contributed by atoms with Gasteiger partial charge in [0.15, 0.2) is 0 Å². The molecule has 0 bridgehead atoms. The fourth-order valence-electron chi connectivity index (χ4n) is 1.58. The summed E-state index contributed by atoms with van der Waals surface area (Å²) in [4.78, 5) is 8.45. The number of anilines is 1. The van der Waals surface area contributed by atoms with E-state index in [1.165, 1.54) is 6.33 Å². The van der Waals surface area contributed by atoms with E-state index in [4.69, 9.17) is 9.47 Å². The van der Waals surface area contributed by atoms with Crippen molar-refractivity contribution in [1.29, 1.82) is 0 Å². The van der Waals surface area contributed by atoms with Gasteiger partial charge in [-0.25, -0.2) is 9.97 Å². The summed E-state index contributed by atoms with van der Waals surface area (Å²) in [5.41, 5.74) is 1.03. The summed E-state index contributed by atoms with van der Waals surface area (Å²) in [6.07, 6.45) is 3.44. The highest BCUT2D eigenvalue weighted by Gasteiger charge is 2.10. The summed E-state index contributed by atoms with van der Waals surface area (Å²) < 4.78 is 10.9. The lowest BCUT2D eigenvalue weighted by Gasteiger charge is -2.13.